The van der Waals surface area contributed by atoms with Crippen LogP contribution >= 0.6 is 0 Å². The highest BCUT2D eigenvalue weighted by atomic mass is 15.0. The minimum absolute atomic E-state index is 0.273. The van der Waals surface area contributed by atoms with Gasteiger partial charge >= 0.3 is 0 Å². The molecule has 13 heavy (non-hydrogen) atoms. The second kappa shape index (κ2) is 4.54. The van der Waals surface area contributed by atoms with Crippen molar-refractivity contribution in [2.75, 3.05) is 0 Å². The maximum Gasteiger partial charge on any atom is 0.0824 e. The van der Waals surface area contributed by atoms with Gasteiger partial charge in [-0.25, -0.2) is 0 Å². The summed E-state index contributed by atoms with van der Waals surface area (Å²) in [7, 11) is 11.9. The van der Waals surface area contributed by atoms with Gasteiger partial charge in [0.25, 0.3) is 0 Å². The van der Waals surface area contributed by atoms with E-state index in [1.54, 1.807) is 0 Å². The van der Waals surface area contributed by atoms with Crippen molar-refractivity contribution in [1.82, 2.24) is 5.32 Å². The summed E-state index contributed by atoms with van der Waals surface area (Å²) < 4.78 is 0. The molecule has 1 fully saturated rings. The second-order valence-corrected chi connectivity index (χ2v) is 4.57. The van der Waals surface area contributed by atoms with E-state index in [-0.39, 0.29) is 5.92 Å². The Labute approximate surface area is 84.9 Å². The first-order chi connectivity index (χ1) is 6.02. The lowest BCUT2D eigenvalue weighted by Gasteiger charge is -2.38. The van der Waals surface area contributed by atoms with Gasteiger partial charge in [0.2, 0.25) is 0 Å². The number of hydrogen-bond acceptors (Lipinski definition) is 1. The molecular weight excluding hydrogens is 156 g/mol. The molecule has 0 atom stereocenters. The van der Waals surface area contributed by atoms with Crippen LogP contribution in [0.2, 0.25) is 0 Å². The van der Waals surface area contributed by atoms with Crippen LogP contribution in [-0.4, -0.2) is 27.1 Å². The molecule has 0 bridgehead atoms. The van der Waals surface area contributed by atoms with E-state index in [9.17, 15) is 0 Å². The Balaban J connectivity index is 2.37. The number of hydrogen-bond donors (Lipinski definition) is 1. The van der Waals surface area contributed by atoms with E-state index in [1.165, 1.54) is 32.1 Å². The predicted octanol–water partition coefficient (Wildman–Crippen LogP) is 1.56. The molecule has 1 saturated carbocycles. The molecule has 3 heteroatoms. The Morgan fingerprint density at radius 1 is 1.15 bits per heavy atom. The molecule has 1 aliphatic carbocycles. The molecule has 1 aliphatic rings. The molecule has 0 aromatic rings. The Hall–Kier alpha value is 0.0899. The molecule has 1 N–H and O–H groups in total. The molecule has 1 nitrogen and oxygen atoms in total. The fourth-order valence-corrected chi connectivity index (χ4v) is 1.77. The Bertz CT molecular complexity index is 151. The Kier molecular flexibility index (Phi) is 3.90. The van der Waals surface area contributed by atoms with Crippen LogP contribution in [-0.2, 0) is 0 Å². The maximum atomic E-state index is 5.96. The smallest absolute Gasteiger partial charge is 0.0824 e. The second-order valence-electron chi connectivity index (χ2n) is 4.57. The van der Waals surface area contributed by atoms with Crippen molar-refractivity contribution in [3.63, 3.8) is 0 Å². The van der Waals surface area contributed by atoms with Gasteiger partial charge in [-0.15, -0.1) is 0 Å². The highest BCUT2D eigenvalue weighted by molar-refractivity contribution is 6.40. The van der Waals surface area contributed by atoms with Crippen molar-refractivity contribution < 1.29 is 0 Å². The Morgan fingerprint density at radius 2 is 1.69 bits per heavy atom. The molecule has 0 heterocycles. The van der Waals surface area contributed by atoms with Crippen LogP contribution in [0.25, 0.3) is 0 Å². The van der Waals surface area contributed by atoms with Crippen molar-refractivity contribution in [1.29, 1.82) is 0 Å². The van der Waals surface area contributed by atoms with Gasteiger partial charge in [-0.1, -0.05) is 38.4 Å². The zero-order chi connectivity index (χ0) is 9.90. The summed E-state index contributed by atoms with van der Waals surface area (Å²) in [5.74, 6) is 0.273. The van der Waals surface area contributed by atoms with Gasteiger partial charge in [0, 0.05) is 6.04 Å². The highest BCUT2D eigenvalue weighted by Gasteiger charge is 2.25. The van der Waals surface area contributed by atoms with Gasteiger partial charge in [-0.2, -0.15) is 0 Å². The molecular formula is C10H19B2N. The normalized spacial score (nSPS) is 20.8. The summed E-state index contributed by atoms with van der Waals surface area (Å²) in [5, 5.41) is 2.66. The molecule has 0 amide bonds. The lowest BCUT2D eigenvalue weighted by molar-refractivity contribution is 0.321. The average Bonchev–Trinajstić information content (AvgIpc) is 2.05. The van der Waals surface area contributed by atoms with E-state index < -0.39 is 5.34 Å². The maximum absolute atomic E-state index is 5.96. The predicted molar refractivity (Wildman–Crippen MR) is 59.1 cm³/mol. The van der Waals surface area contributed by atoms with Gasteiger partial charge in [-0.3, -0.25) is 0 Å². The third-order valence-corrected chi connectivity index (χ3v) is 3.01. The van der Waals surface area contributed by atoms with Crippen LogP contribution < -0.4 is 5.32 Å². The van der Waals surface area contributed by atoms with Crippen LogP contribution in [0.15, 0.2) is 0 Å². The third-order valence-electron chi connectivity index (χ3n) is 3.01. The summed E-state index contributed by atoms with van der Waals surface area (Å²) in [5.41, 5.74) is 0. The zero-order valence-electron chi connectivity index (χ0n) is 8.84. The van der Waals surface area contributed by atoms with Crippen LogP contribution in [0.4, 0.5) is 0 Å². The van der Waals surface area contributed by atoms with Crippen LogP contribution in [0, 0.1) is 5.92 Å². The molecule has 70 valence electrons. The summed E-state index contributed by atoms with van der Waals surface area (Å²) in [4.78, 5) is 0. The van der Waals surface area contributed by atoms with E-state index in [1.807, 2.05) is 0 Å². The van der Waals surface area contributed by atoms with Crippen molar-refractivity contribution >= 4 is 15.7 Å². The molecule has 1 rings (SSSR count). The fraction of sp³-hybridized carbons (Fsp3) is 1.00. The quantitative estimate of drug-likeness (QED) is 0.641. The van der Waals surface area contributed by atoms with Crippen LogP contribution in [0.1, 0.15) is 46.0 Å². The molecule has 0 aliphatic heterocycles. The van der Waals surface area contributed by atoms with E-state index in [2.05, 4.69) is 19.2 Å². The zero-order valence-corrected chi connectivity index (χ0v) is 8.84. The third kappa shape index (κ3) is 3.38. The fourth-order valence-electron chi connectivity index (χ4n) is 1.77. The summed E-state index contributed by atoms with van der Waals surface area (Å²) in [6, 6.07) is 0.533. The SMILES string of the molecule is [B]C([B])(NC1CCCCC1)C(C)C. The first-order valence-corrected chi connectivity index (χ1v) is 5.38. The topological polar surface area (TPSA) is 12.0 Å². The molecule has 0 aromatic heterocycles. The minimum Gasteiger partial charge on any atom is -0.325 e. The largest absolute Gasteiger partial charge is 0.325 e. The molecule has 0 spiro atoms. The van der Waals surface area contributed by atoms with Gasteiger partial charge < -0.3 is 5.32 Å². The minimum atomic E-state index is -0.692. The van der Waals surface area contributed by atoms with Crippen LogP contribution in [0.3, 0.4) is 0 Å². The van der Waals surface area contributed by atoms with Gasteiger partial charge in [0.05, 0.1) is 15.7 Å². The van der Waals surface area contributed by atoms with Crippen molar-refractivity contribution in [2.45, 2.75) is 57.3 Å². The van der Waals surface area contributed by atoms with E-state index in [0.29, 0.717) is 6.04 Å². The summed E-state index contributed by atoms with van der Waals surface area (Å²) >= 11 is 0. The van der Waals surface area contributed by atoms with E-state index in [0.717, 1.165) is 0 Å². The highest BCUT2D eigenvalue weighted by Crippen LogP contribution is 2.20. The lowest BCUT2D eigenvalue weighted by Crippen LogP contribution is -2.55. The average molecular weight is 175 g/mol. The van der Waals surface area contributed by atoms with E-state index >= 15 is 0 Å². The molecule has 0 aromatic carbocycles. The van der Waals surface area contributed by atoms with E-state index in [4.69, 9.17) is 15.7 Å². The summed E-state index contributed by atoms with van der Waals surface area (Å²) in [6.07, 6.45) is 6.44. The van der Waals surface area contributed by atoms with Crippen LogP contribution in [0.5, 0.6) is 0 Å². The van der Waals surface area contributed by atoms with Crippen molar-refractivity contribution in [3.05, 3.63) is 0 Å². The van der Waals surface area contributed by atoms with Crippen molar-refractivity contribution in [2.24, 2.45) is 5.92 Å². The van der Waals surface area contributed by atoms with Gasteiger partial charge in [0.1, 0.15) is 0 Å². The Morgan fingerprint density at radius 3 is 2.15 bits per heavy atom. The molecule has 4 radical (unpaired) electrons. The summed E-state index contributed by atoms with van der Waals surface area (Å²) in [6.45, 7) is 4.10. The van der Waals surface area contributed by atoms with Gasteiger partial charge in [-0.05, 0) is 18.8 Å². The standard InChI is InChI=1S/C10H19B2N/c1-8(2)10(11,12)13-9-6-4-3-5-7-9/h8-9,13H,3-7H2,1-2H3. The number of rotatable bonds is 3. The first kappa shape index (κ1) is 11.2. The van der Waals surface area contributed by atoms with Gasteiger partial charge in [0.15, 0.2) is 0 Å². The monoisotopic (exact) mass is 175 g/mol. The van der Waals surface area contributed by atoms with Crippen molar-refractivity contribution in [3.8, 4) is 0 Å². The first-order valence-electron chi connectivity index (χ1n) is 5.38. The molecule has 0 saturated heterocycles. The molecule has 0 unspecified atom stereocenters. The lowest BCUT2D eigenvalue weighted by atomic mass is 9.55. The number of nitrogens with one attached hydrogen (secondary N) is 1.